The van der Waals surface area contributed by atoms with Gasteiger partial charge in [-0.15, -0.1) is 0 Å². The summed E-state index contributed by atoms with van der Waals surface area (Å²) in [6.45, 7) is 8.12. The molecule has 5 heteroatoms. The molecule has 0 aromatic heterocycles. The summed E-state index contributed by atoms with van der Waals surface area (Å²) in [5, 5.41) is 6.28. The Bertz CT molecular complexity index is 840. The summed E-state index contributed by atoms with van der Waals surface area (Å²) in [5.74, 6) is -0.0148. The minimum atomic E-state index is -0.377. The molecule has 2 N–H and O–H groups in total. The fourth-order valence-corrected chi connectivity index (χ4v) is 3.38. The zero-order valence-corrected chi connectivity index (χ0v) is 15.7. The number of hydrogen-bond donors (Lipinski definition) is 2. The first kappa shape index (κ1) is 18.0. The predicted molar refractivity (Wildman–Crippen MR) is 106 cm³/mol. The molecule has 0 bridgehead atoms. The van der Waals surface area contributed by atoms with Crippen LogP contribution >= 0.6 is 0 Å². The number of benzene rings is 2. The van der Waals surface area contributed by atoms with Crippen molar-refractivity contribution in [2.75, 3.05) is 22.1 Å². The first-order valence-corrected chi connectivity index (χ1v) is 8.91. The Hall–Kier alpha value is -2.82. The van der Waals surface area contributed by atoms with Gasteiger partial charge in [0, 0.05) is 30.5 Å². The highest BCUT2D eigenvalue weighted by atomic mass is 16.2. The number of fused-ring (bicyclic) bond motifs is 1. The Kier molecular flexibility index (Phi) is 4.98. The van der Waals surface area contributed by atoms with Crippen LogP contribution < -0.4 is 15.5 Å². The summed E-state index contributed by atoms with van der Waals surface area (Å²) < 4.78 is 0. The molecule has 2 aromatic carbocycles. The lowest BCUT2D eigenvalue weighted by Gasteiger charge is -2.19. The van der Waals surface area contributed by atoms with Gasteiger partial charge in [-0.05, 0) is 62.1 Å². The highest BCUT2D eigenvalue weighted by Crippen LogP contribution is 2.30. The number of hydrogen-bond acceptors (Lipinski definition) is 3. The fourth-order valence-electron chi connectivity index (χ4n) is 3.38. The lowest BCUT2D eigenvalue weighted by molar-refractivity contribution is -0.117. The minimum absolute atomic E-state index is 0.0609. The van der Waals surface area contributed by atoms with Crippen LogP contribution in [-0.4, -0.2) is 24.4 Å². The Labute approximate surface area is 154 Å². The topological polar surface area (TPSA) is 61.4 Å². The number of nitrogens with zero attached hydrogens (tertiary/aromatic N) is 1. The van der Waals surface area contributed by atoms with Crippen LogP contribution in [0.25, 0.3) is 0 Å². The Morgan fingerprint density at radius 2 is 1.81 bits per heavy atom. The molecular formula is C21H25N3O2. The molecule has 0 aliphatic carbocycles. The number of para-hydroxylation sites is 1. The molecule has 26 heavy (non-hydrogen) atoms. The predicted octanol–water partition coefficient (Wildman–Crippen LogP) is 3.65. The molecule has 1 heterocycles. The second-order valence-corrected chi connectivity index (χ2v) is 6.89. The molecule has 0 fully saturated rings. The maximum Gasteiger partial charge on any atom is 0.246 e. The van der Waals surface area contributed by atoms with Gasteiger partial charge in [0.2, 0.25) is 11.8 Å². The van der Waals surface area contributed by atoms with Gasteiger partial charge >= 0.3 is 0 Å². The van der Waals surface area contributed by atoms with E-state index in [1.54, 1.807) is 11.8 Å². The second-order valence-electron chi connectivity index (χ2n) is 6.89. The van der Waals surface area contributed by atoms with Crippen LogP contribution in [0.2, 0.25) is 0 Å². The normalized spacial score (nSPS) is 13.9. The molecule has 2 amide bonds. The van der Waals surface area contributed by atoms with Crippen molar-refractivity contribution < 1.29 is 9.59 Å². The number of anilines is 3. The quantitative estimate of drug-likeness (QED) is 0.884. The molecule has 1 atom stereocenters. The fraction of sp³-hybridized carbons (Fsp3) is 0.333. The first-order valence-electron chi connectivity index (χ1n) is 8.91. The van der Waals surface area contributed by atoms with Gasteiger partial charge in [0.25, 0.3) is 0 Å². The molecule has 136 valence electrons. The molecular weight excluding hydrogens is 326 g/mol. The number of nitrogens with one attached hydrogen (secondary N) is 2. The van der Waals surface area contributed by atoms with Crippen molar-refractivity contribution >= 4 is 28.9 Å². The van der Waals surface area contributed by atoms with Crippen LogP contribution in [0, 0.1) is 13.8 Å². The summed E-state index contributed by atoms with van der Waals surface area (Å²) in [6.07, 6.45) is 0.841. The molecule has 0 spiro atoms. The maximum atomic E-state index is 12.6. The van der Waals surface area contributed by atoms with Crippen molar-refractivity contribution in [3.05, 3.63) is 53.1 Å². The molecule has 0 unspecified atom stereocenters. The largest absolute Gasteiger partial charge is 0.374 e. The van der Waals surface area contributed by atoms with Crippen molar-refractivity contribution in [3.63, 3.8) is 0 Å². The van der Waals surface area contributed by atoms with E-state index in [0.717, 1.165) is 46.7 Å². The first-order chi connectivity index (χ1) is 12.4. The molecule has 3 rings (SSSR count). The van der Waals surface area contributed by atoms with Gasteiger partial charge < -0.3 is 15.5 Å². The molecule has 2 aromatic rings. The van der Waals surface area contributed by atoms with Crippen LogP contribution in [0.4, 0.5) is 17.1 Å². The van der Waals surface area contributed by atoms with Gasteiger partial charge in [-0.1, -0.05) is 18.2 Å². The molecule has 0 saturated carbocycles. The smallest absolute Gasteiger partial charge is 0.246 e. The lowest BCUT2D eigenvalue weighted by atomic mass is 10.1. The van der Waals surface area contributed by atoms with E-state index in [1.807, 2.05) is 57.2 Å². The molecule has 0 saturated heterocycles. The maximum absolute atomic E-state index is 12.6. The number of rotatable bonds is 4. The second kappa shape index (κ2) is 7.20. The van der Waals surface area contributed by atoms with Gasteiger partial charge in [-0.25, -0.2) is 0 Å². The third-order valence-electron chi connectivity index (χ3n) is 4.86. The van der Waals surface area contributed by atoms with Crippen molar-refractivity contribution in [1.29, 1.82) is 0 Å². The molecule has 0 radical (unpaired) electrons. The van der Waals surface area contributed by atoms with E-state index < -0.39 is 0 Å². The summed E-state index contributed by atoms with van der Waals surface area (Å²) in [4.78, 5) is 26.0. The molecule has 1 aliphatic rings. The zero-order chi connectivity index (χ0) is 18.8. The van der Waals surface area contributed by atoms with Gasteiger partial charge in [0.1, 0.15) is 6.04 Å². The van der Waals surface area contributed by atoms with E-state index in [2.05, 4.69) is 10.6 Å². The van der Waals surface area contributed by atoms with Crippen molar-refractivity contribution in [2.24, 2.45) is 0 Å². The third-order valence-corrected chi connectivity index (χ3v) is 4.86. The van der Waals surface area contributed by atoms with Crippen LogP contribution in [0.1, 0.15) is 30.5 Å². The number of carbonyl (C=O) groups excluding carboxylic acids is 2. The standard InChI is InChI=1S/C21H25N3O2/c1-13-6-5-7-14(2)20(13)23-21(26)15(3)22-18-8-9-19-17(12-18)10-11-24(19)16(4)25/h5-9,12,15,22H,10-11H2,1-4H3,(H,23,26)/t15-/m0/s1. The van der Waals surface area contributed by atoms with Crippen molar-refractivity contribution in [3.8, 4) is 0 Å². The molecule has 1 aliphatic heterocycles. The van der Waals surface area contributed by atoms with Crippen LogP contribution in [-0.2, 0) is 16.0 Å². The third kappa shape index (κ3) is 3.57. The average Bonchev–Trinajstić information content (AvgIpc) is 3.01. The van der Waals surface area contributed by atoms with Gasteiger partial charge in [0.05, 0.1) is 0 Å². The lowest BCUT2D eigenvalue weighted by Crippen LogP contribution is -2.32. The molecule has 5 nitrogen and oxygen atoms in total. The number of aryl methyl sites for hydroxylation is 2. The van der Waals surface area contributed by atoms with Gasteiger partial charge in [-0.3, -0.25) is 9.59 Å². The summed E-state index contributed by atoms with van der Waals surface area (Å²) in [5.41, 5.74) is 5.96. The van der Waals surface area contributed by atoms with Crippen molar-refractivity contribution in [2.45, 2.75) is 40.2 Å². The van der Waals surface area contributed by atoms with Crippen molar-refractivity contribution in [1.82, 2.24) is 0 Å². The number of carbonyl (C=O) groups is 2. The van der Waals surface area contributed by atoms with E-state index in [9.17, 15) is 9.59 Å². The SMILES string of the molecule is CC(=O)N1CCc2cc(N[C@@H](C)C(=O)Nc3c(C)cccc3C)ccc21. The van der Waals surface area contributed by atoms with E-state index in [-0.39, 0.29) is 17.9 Å². The minimum Gasteiger partial charge on any atom is -0.374 e. The van der Waals surface area contributed by atoms with Gasteiger partial charge in [-0.2, -0.15) is 0 Å². The zero-order valence-electron chi connectivity index (χ0n) is 15.7. The van der Waals surface area contributed by atoms with E-state index in [0.29, 0.717) is 0 Å². The monoisotopic (exact) mass is 351 g/mol. The Morgan fingerprint density at radius 1 is 1.12 bits per heavy atom. The van der Waals surface area contributed by atoms with E-state index in [4.69, 9.17) is 0 Å². The Balaban J connectivity index is 1.69. The van der Waals surface area contributed by atoms with Crippen LogP contribution in [0.5, 0.6) is 0 Å². The summed E-state index contributed by atoms with van der Waals surface area (Å²) in [6, 6.07) is 11.5. The average molecular weight is 351 g/mol. The summed E-state index contributed by atoms with van der Waals surface area (Å²) in [7, 11) is 0. The summed E-state index contributed by atoms with van der Waals surface area (Å²) >= 11 is 0. The highest BCUT2D eigenvalue weighted by molar-refractivity contribution is 5.98. The highest BCUT2D eigenvalue weighted by Gasteiger charge is 2.23. The van der Waals surface area contributed by atoms with Crippen LogP contribution in [0.3, 0.4) is 0 Å². The number of amides is 2. The van der Waals surface area contributed by atoms with E-state index >= 15 is 0 Å². The van der Waals surface area contributed by atoms with E-state index in [1.165, 1.54) is 0 Å². The van der Waals surface area contributed by atoms with Crippen LogP contribution in [0.15, 0.2) is 36.4 Å². The van der Waals surface area contributed by atoms with Gasteiger partial charge in [0.15, 0.2) is 0 Å². The Morgan fingerprint density at radius 3 is 2.46 bits per heavy atom.